The summed E-state index contributed by atoms with van der Waals surface area (Å²) in [6.07, 6.45) is 4.59. The second kappa shape index (κ2) is 3.61. The molecule has 1 amide bonds. The second-order valence-electron chi connectivity index (χ2n) is 4.96. The number of carbonyl (C=O) groups is 2. The summed E-state index contributed by atoms with van der Waals surface area (Å²) in [7, 11) is 0. The Morgan fingerprint density at radius 2 is 2.31 bits per heavy atom. The Morgan fingerprint density at radius 3 is 2.81 bits per heavy atom. The molecule has 1 saturated carbocycles. The van der Waals surface area contributed by atoms with Gasteiger partial charge in [-0.25, -0.2) is 0 Å². The van der Waals surface area contributed by atoms with Crippen molar-refractivity contribution < 1.29 is 14.7 Å². The highest BCUT2D eigenvalue weighted by molar-refractivity contribution is 5.87. The molecule has 2 rings (SSSR count). The van der Waals surface area contributed by atoms with Crippen molar-refractivity contribution in [3.63, 3.8) is 0 Å². The van der Waals surface area contributed by atoms with E-state index in [0.29, 0.717) is 12.3 Å². The van der Waals surface area contributed by atoms with E-state index < -0.39 is 17.3 Å². The first-order valence-corrected chi connectivity index (χ1v) is 5.71. The molecule has 0 bridgehead atoms. The summed E-state index contributed by atoms with van der Waals surface area (Å²) in [6.45, 7) is 2.08. The molecule has 4 nitrogen and oxygen atoms in total. The third-order valence-electron chi connectivity index (χ3n) is 4.12. The van der Waals surface area contributed by atoms with Crippen molar-refractivity contribution in [1.29, 1.82) is 0 Å². The average molecular weight is 223 g/mol. The van der Waals surface area contributed by atoms with Crippen LogP contribution in [0.2, 0.25) is 0 Å². The molecule has 0 spiro atoms. The topological polar surface area (TPSA) is 80.4 Å². The minimum atomic E-state index is -0.935. The van der Waals surface area contributed by atoms with Gasteiger partial charge in [0.2, 0.25) is 5.91 Å². The molecule has 2 aliphatic rings. The zero-order valence-corrected chi connectivity index (χ0v) is 9.40. The summed E-state index contributed by atoms with van der Waals surface area (Å²) < 4.78 is 0. The summed E-state index contributed by atoms with van der Waals surface area (Å²) in [5, 5.41) is 8.88. The predicted molar refractivity (Wildman–Crippen MR) is 58.5 cm³/mol. The lowest BCUT2D eigenvalue weighted by molar-refractivity contribution is -0.155. The van der Waals surface area contributed by atoms with Gasteiger partial charge in [-0.05, 0) is 31.1 Å². The van der Waals surface area contributed by atoms with Crippen molar-refractivity contribution in [3.05, 3.63) is 11.6 Å². The number of hydrogen-bond donors (Lipinski definition) is 2. The van der Waals surface area contributed by atoms with Gasteiger partial charge in [-0.15, -0.1) is 0 Å². The van der Waals surface area contributed by atoms with Crippen molar-refractivity contribution in [3.8, 4) is 0 Å². The third-order valence-corrected chi connectivity index (χ3v) is 4.12. The smallest absolute Gasteiger partial charge is 0.304 e. The maximum atomic E-state index is 11.5. The number of aliphatic carboxylic acids is 1. The monoisotopic (exact) mass is 223 g/mol. The molecule has 88 valence electrons. The molecular weight excluding hydrogens is 206 g/mol. The lowest BCUT2D eigenvalue weighted by Crippen LogP contribution is -2.54. The van der Waals surface area contributed by atoms with E-state index in [-0.39, 0.29) is 12.3 Å². The van der Waals surface area contributed by atoms with E-state index in [4.69, 9.17) is 10.8 Å². The standard InChI is InChI=1S/C12H17NO3/c1-2-7-3-8-5-12(11(13)16,6-10(14)15)9(8)4-7/h4,8-9H,2-3,5-6H2,1H3,(H2,13,16)(H,14,15)/t8-,9-,12-/m1/s1. The number of carbonyl (C=O) groups excluding carboxylic acids is 1. The van der Waals surface area contributed by atoms with Gasteiger partial charge in [-0.1, -0.05) is 18.6 Å². The zero-order valence-electron chi connectivity index (χ0n) is 9.40. The lowest BCUT2D eigenvalue weighted by Gasteiger charge is -2.49. The van der Waals surface area contributed by atoms with Crippen LogP contribution in [-0.4, -0.2) is 17.0 Å². The van der Waals surface area contributed by atoms with Crippen LogP contribution >= 0.6 is 0 Å². The number of hydrogen-bond acceptors (Lipinski definition) is 2. The Hall–Kier alpha value is -1.32. The summed E-state index contributed by atoms with van der Waals surface area (Å²) in [5.74, 6) is -0.877. The molecule has 1 fully saturated rings. The van der Waals surface area contributed by atoms with Crippen molar-refractivity contribution in [2.45, 2.75) is 32.6 Å². The van der Waals surface area contributed by atoms with Crippen LogP contribution in [0.25, 0.3) is 0 Å². The van der Waals surface area contributed by atoms with Gasteiger partial charge in [0.25, 0.3) is 0 Å². The number of amides is 1. The van der Waals surface area contributed by atoms with E-state index in [2.05, 4.69) is 13.0 Å². The number of carboxylic acid groups (broad SMARTS) is 1. The molecule has 0 radical (unpaired) electrons. The Kier molecular flexibility index (Phi) is 2.52. The largest absolute Gasteiger partial charge is 0.481 e. The van der Waals surface area contributed by atoms with Gasteiger partial charge in [0, 0.05) is 0 Å². The van der Waals surface area contributed by atoms with Gasteiger partial charge >= 0.3 is 5.97 Å². The lowest BCUT2D eigenvalue weighted by atomic mass is 9.53. The van der Waals surface area contributed by atoms with Gasteiger partial charge < -0.3 is 10.8 Å². The highest BCUT2D eigenvalue weighted by atomic mass is 16.4. The van der Waals surface area contributed by atoms with Crippen LogP contribution < -0.4 is 5.73 Å². The molecule has 0 aromatic carbocycles. The number of primary amides is 1. The molecule has 2 aliphatic carbocycles. The molecular formula is C12H17NO3. The molecule has 0 saturated heterocycles. The van der Waals surface area contributed by atoms with E-state index in [0.717, 1.165) is 12.8 Å². The van der Waals surface area contributed by atoms with E-state index in [1.165, 1.54) is 5.57 Å². The Balaban J connectivity index is 2.22. The van der Waals surface area contributed by atoms with Gasteiger partial charge in [-0.3, -0.25) is 9.59 Å². The number of allylic oxidation sites excluding steroid dienone is 2. The summed E-state index contributed by atoms with van der Waals surface area (Å²) in [5.41, 5.74) is 5.92. The van der Waals surface area contributed by atoms with Crippen molar-refractivity contribution >= 4 is 11.9 Å². The van der Waals surface area contributed by atoms with Gasteiger partial charge in [0.1, 0.15) is 0 Å². The van der Waals surface area contributed by atoms with Crippen LogP contribution in [0, 0.1) is 17.3 Å². The number of carboxylic acids is 1. The minimum Gasteiger partial charge on any atom is -0.481 e. The van der Waals surface area contributed by atoms with E-state index in [1.807, 2.05) is 0 Å². The first-order chi connectivity index (χ1) is 7.49. The van der Waals surface area contributed by atoms with E-state index >= 15 is 0 Å². The van der Waals surface area contributed by atoms with Crippen molar-refractivity contribution in [2.24, 2.45) is 23.0 Å². The number of nitrogens with two attached hydrogens (primary N) is 1. The number of fused-ring (bicyclic) bond motifs is 1. The maximum Gasteiger partial charge on any atom is 0.304 e. The van der Waals surface area contributed by atoms with Crippen LogP contribution in [0.5, 0.6) is 0 Å². The van der Waals surface area contributed by atoms with Crippen molar-refractivity contribution in [2.75, 3.05) is 0 Å². The van der Waals surface area contributed by atoms with E-state index in [1.54, 1.807) is 0 Å². The maximum absolute atomic E-state index is 11.5. The highest BCUT2D eigenvalue weighted by Crippen LogP contribution is 2.59. The average Bonchev–Trinajstić information content (AvgIpc) is 2.52. The molecule has 0 unspecified atom stereocenters. The fraction of sp³-hybridized carbons (Fsp3) is 0.667. The third kappa shape index (κ3) is 1.44. The van der Waals surface area contributed by atoms with Crippen LogP contribution in [0.1, 0.15) is 32.6 Å². The molecule has 3 N–H and O–H groups in total. The molecule has 4 heteroatoms. The summed E-state index contributed by atoms with van der Waals surface area (Å²) in [6, 6.07) is 0. The Labute approximate surface area is 94.5 Å². The van der Waals surface area contributed by atoms with Crippen LogP contribution in [0.15, 0.2) is 11.6 Å². The SMILES string of the molecule is CCC1=C[C@@H]2[C@H](C1)C[C@]2(CC(=O)O)C(N)=O. The summed E-state index contributed by atoms with van der Waals surface area (Å²) >= 11 is 0. The fourth-order valence-electron chi connectivity index (χ4n) is 3.25. The molecule has 0 aliphatic heterocycles. The van der Waals surface area contributed by atoms with Crippen LogP contribution in [0.3, 0.4) is 0 Å². The first kappa shape index (κ1) is 11.2. The zero-order chi connectivity index (χ0) is 11.9. The van der Waals surface area contributed by atoms with Gasteiger partial charge in [0.05, 0.1) is 11.8 Å². The first-order valence-electron chi connectivity index (χ1n) is 5.71. The predicted octanol–water partition coefficient (Wildman–Crippen LogP) is 1.31. The molecule has 0 heterocycles. The van der Waals surface area contributed by atoms with E-state index in [9.17, 15) is 9.59 Å². The number of rotatable bonds is 4. The Morgan fingerprint density at radius 1 is 1.62 bits per heavy atom. The molecule has 16 heavy (non-hydrogen) atoms. The highest BCUT2D eigenvalue weighted by Gasteiger charge is 2.59. The van der Waals surface area contributed by atoms with Crippen molar-refractivity contribution in [1.82, 2.24) is 0 Å². The molecule has 0 aromatic rings. The van der Waals surface area contributed by atoms with Gasteiger partial charge in [0.15, 0.2) is 0 Å². The quantitative estimate of drug-likeness (QED) is 0.705. The second-order valence-corrected chi connectivity index (χ2v) is 4.96. The molecule has 0 aromatic heterocycles. The molecule has 3 atom stereocenters. The fourth-order valence-corrected chi connectivity index (χ4v) is 3.25. The normalized spacial score (nSPS) is 36.2. The summed E-state index contributed by atoms with van der Waals surface area (Å²) in [4.78, 5) is 22.3. The van der Waals surface area contributed by atoms with Crippen LogP contribution in [-0.2, 0) is 9.59 Å². The van der Waals surface area contributed by atoms with Crippen LogP contribution in [0.4, 0.5) is 0 Å². The minimum absolute atomic E-state index is 0.0658. The Bertz CT molecular complexity index is 374. The van der Waals surface area contributed by atoms with Gasteiger partial charge in [-0.2, -0.15) is 0 Å².